The highest BCUT2D eigenvalue weighted by Gasteiger charge is 2.60. The van der Waals surface area contributed by atoms with Crippen molar-refractivity contribution in [3.05, 3.63) is 35.4 Å². The molecular weight excluding hydrogens is 272 g/mol. The van der Waals surface area contributed by atoms with Gasteiger partial charge < -0.3 is 5.11 Å². The largest absolute Gasteiger partial charge is 0.481 e. The summed E-state index contributed by atoms with van der Waals surface area (Å²) in [5.74, 6) is 3.06. The second-order valence-corrected chi connectivity index (χ2v) is 8.19. The average Bonchev–Trinajstić information content (AvgIpc) is 2.45. The van der Waals surface area contributed by atoms with Crippen LogP contribution < -0.4 is 0 Å². The Hall–Kier alpha value is -1.31. The highest BCUT2D eigenvalue weighted by atomic mass is 16.4. The lowest BCUT2D eigenvalue weighted by Gasteiger charge is -2.63. The smallest absolute Gasteiger partial charge is 0.304 e. The van der Waals surface area contributed by atoms with E-state index in [1.54, 1.807) is 0 Å². The van der Waals surface area contributed by atoms with Crippen LogP contribution in [0.15, 0.2) is 24.3 Å². The average molecular weight is 298 g/mol. The molecule has 4 saturated carbocycles. The van der Waals surface area contributed by atoms with E-state index in [0.717, 1.165) is 17.8 Å². The Morgan fingerprint density at radius 1 is 1.09 bits per heavy atom. The molecule has 1 N–H and O–H groups in total. The summed E-state index contributed by atoms with van der Waals surface area (Å²) in [5, 5.41) is 9.63. The maximum atomic E-state index is 11.7. The SMILES string of the molecule is Cc1ccc(C2(CC(=O)O)C3CC4CC2CC(C3)C4C)cc1. The highest BCUT2D eigenvalue weighted by molar-refractivity contribution is 5.69. The van der Waals surface area contributed by atoms with Gasteiger partial charge in [0.1, 0.15) is 0 Å². The molecule has 0 radical (unpaired) electrons. The maximum absolute atomic E-state index is 11.7. The summed E-state index contributed by atoms with van der Waals surface area (Å²) in [7, 11) is 0. The summed E-state index contributed by atoms with van der Waals surface area (Å²) >= 11 is 0. The molecule has 0 saturated heterocycles. The summed E-state index contributed by atoms with van der Waals surface area (Å²) in [6.07, 6.45) is 5.30. The second kappa shape index (κ2) is 4.84. The Labute approximate surface area is 132 Å². The van der Waals surface area contributed by atoms with Gasteiger partial charge in [-0.3, -0.25) is 4.79 Å². The fourth-order valence-corrected chi connectivity index (χ4v) is 6.24. The van der Waals surface area contributed by atoms with Crippen LogP contribution in [0.2, 0.25) is 0 Å². The van der Waals surface area contributed by atoms with Gasteiger partial charge in [0.2, 0.25) is 0 Å². The lowest BCUT2D eigenvalue weighted by molar-refractivity contribution is -0.147. The number of hydrogen-bond donors (Lipinski definition) is 1. The fraction of sp³-hybridized carbons (Fsp3) is 0.650. The Morgan fingerprint density at radius 2 is 1.59 bits per heavy atom. The van der Waals surface area contributed by atoms with Crippen LogP contribution in [0.25, 0.3) is 0 Å². The van der Waals surface area contributed by atoms with Crippen LogP contribution in [-0.2, 0) is 10.2 Å². The molecule has 118 valence electrons. The molecule has 0 unspecified atom stereocenters. The van der Waals surface area contributed by atoms with Crippen molar-refractivity contribution in [1.29, 1.82) is 0 Å². The standard InChI is InChI=1S/C20H26O2/c1-12-3-5-16(6-4-12)20(11-19(21)22)17-7-14-8-18(20)10-15(9-17)13(14)2/h3-6,13-15,17-18H,7-11H2,1-2H3,(H,21,22). The third kappa shape index (κ3) is 1.89. The summed E-state index contributed by atoms with van der Waals surface area (Å²) in [4.78, 5) is 11.7. The van der Waals surface area contributed by atoms with Crippen molar-refractivity contribution in [2.24, 2.45) is 29.6 Å². The first-order valence-corrected chi connectivity index (χ1v) is 8.79. The van der Waals surface area contributed by atoms with E-state index in [0.29, 0.717) is 18.3 Å². The minimum atomic E-state index is -0.624. The topological polar surface area (TPSA) is 37.3 Å². The molecule has 0 aromatic heterocycles. The maximum Gasteiger partial charge on any atom is 0.304 e. The normalized spacial score (nSPS) is 42.5. The number of benzene rings is 1. The van der Waals surface area contributed by atoms with Gasteiger partial charge in [-0.15, -0.1) is 0 Å². The summed E-state index contributed by atoms with van der Waals surface area (Å²) in [6.45, 7) is 4.53. The van der Waals surface area contributed by atoms with Crippen molar-refractivity contribution in [1.82, 2.24) is 0 Å². The van der Waals surface area contributed by atoms with Gasteiger partial charge in [-0.05, 0) is 67.8 Å². The van der Waals surface area contributed by atoms with Gasteiger partial charge >= 0.3 is 5.97 Å². The number of carboxylic acid groups (broad SMARTS) is 1. The molecule has 4 aliphatic carbocycles. The van der Waals surface area contributed by atoms with Crippen LogP contribution in [0, 0.1) is 36.5 Å². The van der Waals surface area contributed by atoms with E-state index < -0.39 is 5.97 Å². The molecule has 1 aromatic carbocycles. The summed E-state index contributed by atoms with van der Waals surface area (Å²) in [5.41, 5.74) is 2.45. The summed E-state index contributed by atoms with van der Waals surface area (Å²) in [6, 6.07) is 8.74. The van der Waals surface area contributed by atoms with Gasteiger partial charge in [0, 0.05) is 5.41 Å². The van der Waals surface area contributed by atoms with E-state index >= 15 is 0 Å². The Morgan fingerprint density at radius 3 is 2.05 bits per heavy atom. The lowest BCUT2D eigenvalue weighted by Crippen LogP contribution is -2.58. The van der Waals surface area contributed by atoms with Crippen LogP contribution >= 0.6 is 0 Å². The number of rotatable bonds is 3. The van der Waals surface area contributed by atoms with Gasteiger partial charge in [-0.25, -0.2) is 0 Å². The number of carboxylic acids is 1. The van der Waals surface area contributed by atoms with Crippen LogP contribution in [-0.4, -0.2) is 11.1 Å². The first kappa shape index (κ1) is 14.3. The molecule has 2 heteroatoms. The van der Waals surface area contributed by atoms with E-state index in [1.807, 2.05) is 0 Å². The molecule has 1 aromatic rings. The molecule has 0 atom stereocenters. The zero-order valence-electron chi connectivity index (χ0n) is 13.6. The molecule has 4 aliphatic rings. The molecule has 2 nitrogen and oxygen atoms in total. The van der Waals surface area contributed by atoms with E-state index in [4.69, 9.17) is 0 Å². The van der Waals surface area contributed by atoms with Gasteiger partial charge in [0.15, 0.2) is 0 Å². The fourth-order valence-electron chi connectivity index (χ4n) is 6.24. The molecule has 4 bridgehead atoms. The minimum absolute atomic E-state index is 0.104. The van der Waals surface area contributed by atoms with Crippen LogP contribution in [0.3, 0.4) is 0 Å². The quantitative estimate of drug-likeness (QED) is 0.897. The third-order valence-electron chi connectivity index (χ3n) is 7.33. The first-order valence-electron chi connectivity index (χ1n) is 8.79. The first-order chi connectivity index (χ1) is 10.5. The minimum Gasteiger partial charge on any atom is -0.481 e. The Balaban J connectivity index is 1.79. The van der Waals surface area contributed by atoms with Crippen molar-refractivity contribution in [2.45, 2.75) is 51.4 Å². The molecule has 0 aliphatic heterocycles. The lowest BCUT2D eigenvalue weighted by atomic mass is 9.41. The van der Waals surface area contributed by atoms with Crippen molar-refractivity contribution in [3.63, 3.8) is 0 Å². The van der Waals surface area contributed by atoms with E-state index in [2.05, 4.69) is 38.1 Å². The van der Waals surface area contributed by atoms with Gasteiger partial charge in [0.25, 0.3) is 0 Å². The zero-order chi connectivity index (χ0) is 15.5. The predicted octanol–water partition coefficient (Wildman–Crippen LogP) is 4.41. The van der Waals surface area contributed by atoms with Crippen LogP contribution in [0.1, 0.15) is 50.2 Å². The number of aliphatic carboxylic acids is 1. The Kier molecular flexibility index (Phi) is 3.15. The van der Waals surface area contributed by atoms with Crippen molar-refractivity contribution in [3.8, 4) is 0 Å². The predicted molar refractivity (Wildman–Crippen MR) is 86.7 cm³/mol. The van der Waals surface area contributed by atoms with Crippen molar-refractivity contribution >= 4 is 5.97 Å². The Bertz CT molecular complexity index is 556. The monoisotopic (exact) mass is 298 g/mol. The van der Waals surface area contributed by atoms with Gasteiger partial charge in [0.05, 0.1) is 6.42 Å². The highest BCUT2D eigenvalue weighted by Crippen LogP contribution is 2.65. The number of aryl methyl sites for hydroxylation is 1. The third-order valence-corrected chi connectivity index (χ3v) is 7.33. The zero-order valence-corrected chi connectivity index (χ0v) is 13.6. The molecule has 22 heavy (non-hydrogen) atoms. The van der Waals surface area contributed by atoms with Crippen molar-refractivity contribution in [2.75, 3.05) is 0 Å². The van der Waals surface area contributed by atoms with Gasteiger partial charge in [-0.1, -0.05) is 36.8 Å². The van der Waals surface area contributed by atoms with Crippen LogP contribution in [0.5, 0.6) is 0 Å². The molecule has 5 rings (SSSR count). The second-order valence-electron chi connectivity index (χ2n) is 8.19. The molecular formula is C20H26O2. The van der Waals surface area contributed by atoms with E-state index in [-0.39, 0.29) is 5.41 Å². The van der Waals surface area contributed by atoms with E-state index in [9.17, 15) is 9.90 Å². The molecule has 4 fully saturated rings. The van der Waals surface area contributed by atoms with Crippen LogP contribution in [0.4, 0.5) is 0 Å². The molecule has 0 heterocycles. The number of hydrogen-bond acceptors (Lipinski definition) is 1. The van der Waals surface area contributed by atoms with Crippen molar-refractivity contribution < 1.29 is 9.90 Å². The molecule has 0 spiro atoms. The number of carbonyl (C=O) groups is 1. The van der Waals surface area contributed by atoms with Gasteiger partial charge in [-0.2, -0.15) is 0 Å². The summed E-state index contributed by atoms with van der Waals surface area (Å²) < 4.78 is 0. The van der Waals surface area contributed by atoms with E-state index in [1.165, 1.54) is 36.8 Å². The molecule has 0 amide bonds.